The average molecular weight is 310 g/mol. The van der Waals surface area contributed by atoms with Crippen LogP contribution >= 0.6 is 0 Å². The molecule has 0 bridgehead atoms. The number of allylic oxidation sites excluding steroid dienone is 1. The molecular formula is C20H27BO2. The predicted octanol–water partition coefficient (Wildman–Crippen LogP) is 3.59. The maximum absolute atomic E-state index is 5.73. The average Bonchev–Trinajstić information content (AvgIpc) is 2.91. The number of ether oxygens (including phenoxy) is 2. The highest BCUT2D eigenvalue weighted by Crippen LogP contribution is 2.62. The third-order valence-electron chi connectivity index (χ3n) is 6.93. The van der Waals surface area contributed by atoms with Crippen LogP contribution in [0.1, 0.15) is 50.2 Å². The van der Waals surface area contributed by atoms with Gasteiger partial charge in [0.05, 0.1) is 13.2 Å². The number of fused-ring (bicyclic) bond motifs is 4. The highest BCUT2D eigenvalue weighted by molar-refractivity contribution is 6.18. The van der Waals surface area contributed by atoms with Crippen LogP contribution in [0.2, 0.25) is 5.31 Å². The summed E-state index contributed by atoms with van der Waals surface area (Å²) in [7, 11) is 6.10. The first kappa shape index (κ1) is 15.3. The topological polar surface area (TPSA) is 18.5 Å². The molecule has 1 fully saturated rings. The summed E-state index contributed by atoms with van der Waals surface area (Å²) in [6.45, 7) is 2.47. The van der Waals surface area contributed by atoms with Gasteiger partial charge in [-0.25, -0.2) is 0 Å². The normalized spacial score (nSPS) is 35.5. The van der Waals surface area contributed by atoms with Crippen LogP contribution in [0.25, 0.3) is 0 Å². The third-order valence-corrected chi connectivity index (χ3v) is 6.93. The van der Waals surface area contributed by atoms with E-state index in [1.165, 1.54) is 36.8 Å². The fourth-order valence-corrected chi connectivity index (χ4v) is 5.51. The number of benzene rings is 1. The van der Waals surface area contributed by atoms with Crippen LogP contribution in [-0.4, -0.2) is 28.2 Å². The Morgan fingerprint density at radius 2 is 1.96 bits per heavy atom. The fourth-order valence-electron chi connectivity index (χ4n) is 5.51. The van der Waals surface area contributed by atoms with Gasteiger partial charge in [0.2, 0.25) is 0 Å². The van der Waals surface area contributed by atoms with Gasteiger partial charge in [-0.1, -0.05) is 24.1 Å². The second-order valence-electron chi connectivity index (χ2n) is 8.14. The van der Waals surface area contributed by atoms with E-state index in [0.717, 1.165) is 18.6 Å². The summed E-state index contributed by atoms with van der Waals surface area (Å²) in [5, 5.41) is 0.374. The van der Waals surface area contributed by atoms with Crippen LogP contribution in [0, 0.1) is 0 Å². The second kappa shape index (κ2) is 5.14. The first-order chi connectivity index (χ1) is 11.0. The van der Waals surface area contributed by atoms with E-state index in [9.17, 15) is 0 Å². The largest absolute Gasteiger partial charge is 0.497 e. The smallest absolute Gasteiger partial charge is 0.119 e. The highest BCUT2D eigenvalue weighted by atomic mass is 16.5. The van der Waals surface area contributed by atoms with Crippen LogP contribution in [-0.2, 0) is 16.6 Å². The minimum Gasteiger partial charge on any atom is -0.497 e. The van der Waals surface area contributed by atoms with E-state index in [1.54, 1.807) is 18.3 Å². The van der Waals surface area contributed by atoms with Crippen molar-refractivity contribution >= 4 is 7.85 Å². The van der Waals surface area contributed by atoms with Gasteiger partial charge in [0.25, 0.3) is 0 Å². The van der Waals surface area contributed by atoms with E-state index in [4.69, 9.17) is 9.47 Å². The number of hydrogen-bond acceptors (Lipinski definition) is 2. The summed E-state index contributed by atoms with van der Waals surface area (Å²) in [6.07, 6.45) is 7.66. The van der Waals surface area contributed by atoms with Gasteiger partial charge in [0.1, 0.15) is 13.6 Å². The van der Waals surface area contributed by atoms with Crippen molar-refractivity contribution in [3.05, 3.63) is 40.5 Å². The molecule has 3 heteroatoms. The van der Waals surface area contributed by atoms with Crippen molar-refractivity contribution < 1.29 is 9.47 Å². The number of aryl methyl sites for hydroxylation is 1. The lowest BCUT2D eigenvalue weighted by Crippen LogP contribution is -2.37. The molecule has 0 aromatic heterocycles. The molecule has 0 saturated heterocycles. The Labute approximate surface area is 140 Å². The van der Waals surface area contributed by atoms with Crippen molar-refractivity contribution in [1.82, 2.24) is 0 Å². The molecule has 3 aliphatic rings. The Morgan fingerprint density at radius 1 is 1.13 bits per heavy atom. The van der Waals surface area contributed by atoms with Crippen molar-refractivity contribution in [3.8, 4) is 5.75 Å². The van der Waals surface area contributed by atoms with Crippen LogP contribution in [0.5, 0.6) is 5.75 Å². The quantitative estimate of drug-likeness (QED) is 0.614. The first-order valence-electron chi connectivity index (χ1n) is 8.93. The maximum atomic E-state index is 5.73. The second-order valence-corrected chi connectivity index (χ2v) is 8.14. The van der Waals surface area contributed by atoms with Gasteiger partial charge in [0.15, 0.2) is 0 Å². The summed E-state index contributed by atoms with van der Waals surface area (Å²) >= 11 is 0. The van der Waals surface area contributed by atoms with Crippen molar-refractivity contribution in [2.24, 2.45) is 0 Å². The van der Waals surface area contributed by atoms with Crippen LogP contribution in [0.3, 0.4) is 0 Å². The molecule has 122 valence electrons. The Balaban J connectivity index is 1.83. The minimum atomic E-state index is 0.220. The fraction of sp³-hybridized carbons (Fsp3) is 0.600. The predicted molar refractivity (Wildman–Crippen MR) is 96.2 cm³/mol. The van der Waals surface area contributed by atoms with E-state index >= 15 is 0 Å². The molecule has 23 heavy (non-hydrogen) atoms. The molecule has 2 nitrogen and oxygen atoms in total. The molecular weight excluding hydrogens is 283 g/mol. The minimum absolute atomic E-state index is 0.220. The van der Waals surface area contributed by atoms with Crippen LogP contribution in [0.15, 0.2) is 29.3 Å². The summed E-state index contributed by atoms with van der Waals surface area (Å²) in [5.74, 6) is 0.990. The number of hydrogen-bond donors (Lipinski definition) is 0. The Kier molecular flexibility index (Phi) is 3.42. The number of methoxy groups -OCH3 is 2. The van der Waals surface area contributed by atoms with Gasteiger partial charge >= 0.3 is 0 Å². The Hall–Kier alpha value is -1.22. The summed E-state index contributed by atoms with van der Waals surface area (Å²) in [5.41, 5.74) is 6.69. The molecule has 2 unspecified atom stereocenters. The SMILES string of the molecule is B[C@@]12CCC3(C)C(=C1CC(OC)C2)CCc1cc(OC)ccc13. The monoisotopic (exact) mass is 310 g/mol. The van der Waals surface area contributed by atoms with Crippen LogP contribution in [0.4, 0.5) is 0 Å². The molecule has 3 atom stereocenters. The van der Waals surface area contributed by atoms with E-state index in [0.29, 0.717) is 11.4 Å². The summed E-state index contributed by atoms with van der Waals surface area (Å²) in [4.78, 5) is 0. The molecule has 3 aliphatic carbocycles. The summed E-state index contributed by atoms with van der Waals surface area (Å²) < 4.78 is 11.2. The van der Waals surface area contributed by atoms with Crippen LogP contribution < -0.4 is 4.74 Å². The molecule has 1 aromatic carbocycles. The lowest BCUT2D eigenvalue weighted by atomic mass is 9.50. The van der Waals surface area contributed by atoms with Crippen molar-refractivity contribution in [2.45, 2.75) is 62.3 Å². The van der Waals surface area contributed by atoms with E-state index in [1.807, 2.05) is 7.11 Å². The molecule has 0 aliphatic heterocycles. The third kappa shape index (κ3) is 2.12. The molecule has 0 spiro atoms. The molecule has 1 saturated carbocycles. The lowest BCUT2D eigenvalue weighted by molar-refractivity contribution is 0.107. The van der Waals surface area contributed by atoms with Crippen molar-refractivity contribution in [2.75, 3.05) is 14.2 Å². The maximum Gasteiger partial charge on any atom is 0.119 e. The highest BCUT2D eigenvalue weighted by Gasteiger charge is 2.50. The molecule has 0 N–H and O–H groups in total. The van der Waals surface area contributed by atoms with Gasteiger partial charge < -0.3 is 9.47 Å². The van der Waals surface area contributed by atoms with E-state index in [2.05, 4.69) is 33.0 Å². The first-order valence-corrected chi connectivity index (χ1v) is 8.93. The van der Waals surface area contributed by atoms with Gasteiger partial charge in [-0.3, -0.25) is 0 Å². The molecule has 0 heterocycles. The number of rotatable bonds is 2. The molecule has 1 aromatic rings. The lowest BCUT2D eigenvalue weighted by Gasteiger charge is -2.48. The van der Waals surface area contributed by atoms with Gasteiger partial charge in [-0.15, -0.1) is 0 Å². The van der Waals surface area contributed by atoms with Gasteiger partial charge in [-0.2, -0.15) is 0 Å². The molecule has 0 amide bonds. The van der Waals surface area contributed by atoms with Crippen molar-refractivity contribution in [3.63, 3.8) is 0 Å². The van der Waals surface area contributed by atoms with Gasteiger partial charge in [0, 0.05) is 12.5 Å². The zero-order chi connectivity index (χ0) is 16.2. The molecule has 4 rings (SSSR count). The van der Waals surface area contributed by atoms with E-state index in [-0.39, 0.29) is 5.41 Å². The zero-order valence-corrected chi connectivity index (χ0v) is 14.9. The standard InChI is InChI=1S/C20H27BO2/c1-19-8-9-20(21)12-15(23-3)11-18(20)17(19)6-4-13-10-14(22-2)5-7-16(13)19/h5,7,10,15H,4,6,8-9,11-12,21H2,1-3H3/t15?,19?,20-/m1/s1. The zero-order valence-electron chi connectivity index (χ0n) is 14.9. The van der Waals surface area contributed by atoms with Gasteiger partial charge in [-0.05, 0) is 67.1 Å². The molecule has 0 radical (unpaired) electrons. The summed E-state index contributed by atoms with van der Waals surface area (Å²) in [6, 6.07) is 6.71. The van der Waals surface area contributed by atoms with E-state index < -0.39 is 0 Å². The Morgan fingerprint density at radius 3 is 2.70 bits per heavy atom. The Bertz CT molecular complexity index is 680. The van der Waals surface area contributed by atoms with Crippen molar-refractivity contribution in [1.29, 1.82) is 0 Å².